The lowest BCUT2D eigenvalue weighted by molar-refractivity contribution is -0.143. The molecule has 1 atom stereocenters. The summed E-state index contributed by atoms with van der Waals surface area (Å²) in [6.45, 7) is 10.7. The summed E-state index contributed by atoms with van der Waals surface area (Å²) in [6, 6.07) is -0.848. The smallest absolute Gasteiger partial charge is 0.326 e. The molecule has 0 fully saturated rings. The van der Waals surface area contributed by atoms with Crippen molar-refractivity contribution < 1.29 is 14.7 Å². The van der Waals surface area contributed by atoms with Crippen LogP contribution in [0.3, 0.4) is 0 Å². The molecule has 17 heavy (non-hydrogen) atoms. The number of carboxylic acids is 1. The van der Waals surface area contributed by atoms with Crippen LogP contribution in [-0.4, -0.2) is 23.0 Å². The lowest BCUT2D eigenvalue weighted by Crippen LogP contribution is -2.46. The summed E-state index contributed by atoms with van der Waals surface area (Å²) in [7, 11) is 0. The highest BCUT2D eigenvalue weighted by atomic mass is 16.4. The summed E-state index contributed by atoms with van der Waals surface area (Å²) in [5, 5.41) is 11.5. The lowest BCUT2D eigenvalue weighted by atomic mass is 9.98. The van der Waals surface area contributed by atoms with Crippen molar-refractivity contribution in [3.8, 4) is 0 Å². The number of amides is 1. The number of rotatable bonds is 8. The second-order valence-corrected chi connectivity index (χ2v) is 4.31. The molecule has 2 N–H and O–H groups in total. The Morgan fingerprint density at radius 2 is 1.71 bits per heavy atom. The SMILES string of the molecule is C=CCC(CC=C)C(=O)N[C@H](C(=O)O)C(C)C. The van der Waals surface area contributed by atoms with E-state index in [2.05, 4.69) is 18.5 Å². The predicted octanol–water partition coefficient (Wildman–Crippen LogP) is 1.98. The maximum Gasteiger partial charge on any atom is 0.326 e. The summed E-state index contributed by atoms with van der Waals surface area (Å²) in [4.78, 5) is 22.8. The third kappa shape index (κ3) is 5.33. The first-order chi connectivity index (χ1) is 7.93. The van der Waals surface area contributed by atoms with E-state index in [1.54, 1.807) is 26.0 Å². The van der Waals surface area contributed by atoms with Crippen LogP contribution in [0.4, 0.5) is 0 Å². The molecule has 0 aliphatic heterocycles. The molecular weight excluding hydrogens is 218 g/mol. The Labute approximate surface area is 102 Å². The van der Waals surface area contributed by atoms with Crippen molar-refractivity contribution >= 4 is 11.9 Å². The number of nitrogens with one attached hydrogen (secondary N) is 1. The number of aliphatic carboxylic acids is 1. The van der Waals surface area contributed by atoms with Crippen molar-refractivity contribution in [2.24, 2.45) is 11.8 Å². The highest BCUT2D eigenvalue weighted by molar-refractivity contribution is 5.85. The Hall–Kier alpha value is -1.58. The summed E-state index contributed by atoms with van der Waals surface area (Å²) in [5.41, 5.74) is 0. The largest absolute Gasteiger partial charge is 0.480 e. The zero-order valence-corrected chi connectivity index (χ0v) is 10.5. The lowest BCUT2D eigenvalue weighted by Gasteiger charge is -2.21. The molecule has 0 aromatic carbocycles. The number of hydrogen-bond acceptors (Lipinski definition) is 2. The van der Waals surface area contributed by atoms with Gasteiger partial charge in [0.05, 0.1) is 0 Å². The van der Waals surface area contributed by atoms with Crippen LogP contribution in [0.15, 0.2) is 25.3 Å². The summed E-state index contributed by atoms with van der Waals surface area (Å²) in [6.07, 6.45) is 4.34. The van der Waals surface area contributed by atoms with Crippen LogP contribution in [0.1, 0.15) is 26.7 Å². The Balaban J connectivity index is 4.60. The van der Waals surface area contributed by atoms with Gasteiger partial charge in [-0.2, -0.15) is 0 Å². The van der Waals surface area contributed by atoms with E-state index in [-0.39, 0.29) is 17.7 Å². The van der Waals surface area contributed by atoms with E-state index in [0.717, 1.165) is 0 Å². The molecule has 0 unspecified atom stereocenters. The van der Waals surface area contributed by atoms with Crippen LogP contribution < -0.4 is 5.32 Å². The quantitative estimate of drug-likeness (QED) is 0.636. The van der Waals surface area contributed by atoms with E-state index in [1.807, 2.05) is 0 Å². The molecule has 0 aliphatic rings. The minimum absolute atomic E-state index is 0.149. The first-order valence-corrected chi connectivity index (χ1v) is 5.69. The molecule has 0 aliphatic carbocycles. The van der Waals surface area contributed by atoms with Gasteiger partial charge >= 0.3 is 5.97 Å². The van der Waals surface area contributed by atoms with Gasteiger partial charge in [0.2, 0.25) is 5.91 Å². The van der Waals surface area contributed by atoms with Crippen LogP contribution in [0.2, 0.25) is 0 Å². The van der Waals surface area contributed by atoms with E-state index < -0.39 is 12.0 Å². The zero-order chi connectivity index (χ0) is 13.4. The zero-order valence-electron chi connectivity index (χ0n) is 10.5. The average molecular weight is 239 g/mol. The monoisotopic (exact) mass is 239 g/mol. The minimum atomic E-state index is -1.01. The van der Waals surface area contributed by atoms with Crippen LogP contribution in [0.5, 0.6) is 0 Å². The molecule has 0 aromatic rings. The van der Waals surface area contributed by atoms with Gasteiger partial charge in [-0.1, -0.05) is 26.0 Å². The Bertz CT molecular complexity index is 287. The van der Waals surface area contributed by atoms with Crippen molar-refractivity contribution in [3.05, 3.63) is 25.3 Å². The first-order valence-electron chi connectivity index (χ1n) is 5.69. The number of hydrogen-bond donors (Lipinski definition) is 2. The van der Waals surface area contributed by atoms with E-state index >= 15 is 0 Å². The molecule has 0 heterocycles. The van der Waals surface area contributed by atoms with E-state index in [4.69, 9.17) is 5.11 Å². The second-order valence-electron chi connectivity index (χ2n) is 4.31. The molecule has 0 spiro atoms. The maximum absolute atomic E-state index is 11.9. The number of carbonyl (C=O) groups is 2. The molecule has 0 radical (unpaired) electrons. The van der Waals surface area contributed by atoms with Gasteiger partial charge in [0.1, 0.15) is 6.04 Å². The normalized spacial score (nSPS) is 12.2. The molecule has 0 saturated carbocycles. The number of carboxylic acid groups (broad SMARTS) is 1. The summed E-state index contributed by atoms with van der Waals surface area (Å²) < 4.78 is 0. The van der Waals surface area contributed by atoms with E-state index in [1.165, 1.54) is 0 Å². The van der Waals surface area contributed by atoms with Crippen LogP contribution >= 0.6 is 0 Å². The van der Waals surface area contributed by atoms with Crippen LogP contribution in [0, 0.1) is 11.8 Å². The number of carbonyl (C=O) groups excluding carboxylic acids is 1. The second kappa shape index (κ2) is 7.65. The molecule has 4 heteroatoms. The van der Waals surface area contributed by atoms with Crippen molar-refractivity contribution in [2.75, 3.05) is 0 Å². The van der Waals surface area contributed by atoms with Crippen molar-refractivity contribution in [1.29, 1.82) is 0 Å². The number of allylic oxidation sites excluding steroid dienone is 2. The standard InChI is InChI=1S/C13H21NO3/c1-5-7-10(8-6-2)12(15)14-11(9(3)4)13(16)17/h5-6,9-11H,1-2,7-8H2,3-4H3,(H,14,15)(H,16,17)/t11-/m0/s1. The van der Waals surface area contributed by atoms with Gasteiger partial charge in [-0.25, -0.2) is 4.79 Å². The van der Waals surface area contributed by atoms with Gasteiger partial charge in [0.25, 0.3) is 0 Å². The molecule has 96 valence electrons. The van der Waals surface area contributed by atoms with E-state index in [0.29, 0.717) is 12.8 Å². The Kier molecular flexibility index (Phi) is 6.94. The topological polar surface area (TPSA) is 66.4 Å². The van der Waals surface area contributed by atoms with Gasteiger partial charge in [-0.3, -0.25) is 4.79 Å². The third-order valence-corrected chi connectivity index (χ3v) is 2.50. The fourth-order valence-electron chi connectivity index (χ4n) is 1.50. The van der Waals surface area contributed by atoms with Crippen molar-refractivity contribution in [2.45, 2.75) is 32.7 Å². The molecule has 0 aromatic heterocycles. The Morgan fingerprint density at radius 1 is 1.24 bits per heavy atom. The predicted molar refractivity (Wildman–Crippen MR) is 67.5 cm³/mol. The molecule has 0 saturated heterocycles. The van der Waals surface area contributed by atoms with Crippen LogP contribution in [0.25, 0.3) is 0 Å². The summed E-state index contributed by atoms with van der Waals surface area (Å²) in [5.74, 6) is -1.70. The molecular formula is C13H21NO3. The fraction of sp³-hybridized carbons (Fsp3) is 0.538. The van der Waals surface area contributed by atoms with Gasteiger partial charge in [-0.05, 0) is 18.8 Å². The van der Waals surface area contributed by atoms with Gasteiger partial charge in [-0.15, -0.1) is 13.2 Å². The Morgan fingerprint density at radius 3 is 2.00 bits per heavy atom. The van der Waals surface area contributed by atoms with Gasteiger partial charge in [0, 0.05) is 5.92 Å². The van der Waals surface area contributed by atoms with Crippen molar-refractivity contribution in [3.63, 3.8) is 0 Å². The summed E-state index contributed by atoms with van der Waals surface area (Å²) >= 11 is 0. The third-order valence-electron chi connectivity index (χ3n) is 2.50. The average Bonchev–Trinajstić information content (AvgIpc) is 2.24. The molecule has 0 rings (SSSR count). The van der Waals surface area contributed by atoms with Gasteiger partial charge in [0.15, 0.2) is 0 Å². The van der Waals surface area contributed by atoms with Crippen LogP contribution in [-0.2, 0) is 9.59 Å². The first kappa shape index (κ1) is 15.4. The van der Waals surface area contributed by atoms with Crippen molar-refractivity contribution in [1.82, 2.24) is 5.32 Å². The molecule has 0 bridgehead atoms. The molecule has 1 amide bonds. The maximum atomic E-state index is 11.9. The highest BCUT2D eigenvalue weighted by Crippen LogP contribution is 2.12. The van der Waals surface area contributed by atoms with Gasteiger partial charge < -0.3 is 10.4 Å². The minimum Gasteiger partial charge on any atom is -0.480 e. The van der Waals surface area contributed by atoms with E-state index in [9.17, 15) is 9.59 Å². The molecule has 4 nitrogen and oxygen atoms in total. The highest BCUT2D eigenvalue weighted by Gasteiger charge is 2.26. The fourth-order valence-corrected chi connectivity index (χ4v) is 1.50.